The highest BCUT2D eigenvalue weighted by molar-refractivity contribution is 5.94. The molecule has 6 nitrogen and oxygen atoms in total. The molecule has 1 aromatic rings. The lowest BCUT2D eigenvalue weighted by Crippen LogP contribution is -2.51. The lowest BCUT2D eigenvalue weighted by Gasteiger charge is -2.38. The van der Waals surface area contributed by atoms with Crippen molar-refractivity contribution in [2.75, 3.05) is 0 Å². The molecule has 2 N–H and O–H groups in total. The van der Waals surface area contributed by atoms with Crippen molar-refractivity contribution >= 4 is 11.6 Å². The molecule has 6 heteroatoms. The molecule has 2 saturated carbocycles. The van der Waals surface area contributed by atoms with Crippen molar-refractivity contribution in [3.8, 4) is 0 Å². The largest absolute Gasteiger partial charge is 0.391 e. The van der Waals surface area contributed by atoms with Gasteiger partial charge in [-0.1, -0.05) is 38.5 Å². The molecule has 148 valence electrons. The molecule has 0 aliphatic heterocycles. The van der Waals surface area contributed by atoms with Crippen LogP contribution in [0.4, 0.5) is 5.69 Å². The summed E-state index contributed by atoms with van der Waals surface area (Å²) in [5, 5.41) is 25.0. The van der Waals surface area contributed by atoms with Crippen LogP contribution in [0.5, 0.6) is 0 Å². The predicted octanol–water partition coefficient (Wildman–Crippen LogP) is 4.21. The first kappa shape index (κ1) is 19.8. The van der Waals surface area contributed by atoms with Gasteiger partial charge in [-0.15, -0.1) is 0 Å². The first-order chi connectivity index (χ1) is 13.1. The van der Waals surface area contributed by atoms with Gasteiger partial charge >= 0.3 is 0 Å². The molecule has 0 radical (unpaired) electrons. The van der Waals surface area contributed by atoms with Crippen molar-refractivity contribution in [3.63, 3.8) is 0 Å². The molecule has 2 aliphatic carbocycles. The zero-order valence-corrected chi connectivity index (χ0v) is 15.8. The van der Waals surface area contributed by atoms with Gasteiger partial charge in [-0.05, 0) is 49.7 Å². The standard InChI is InChI=1S/C21H30N2O4/c24-20(16-9-5-2-6-10-16)19(15-7-3-1-4-8-15)22-21(25)17-11-13-18(14-12-17)23(26)27/h11-16,19-20,24H,1-10H2,(H,22,25)/t19-,20+/m0/s1. The van der Waals surface area contributed by atoms with Gasteiger partial charge in [0.25, 0.3) is 11.6 Å². The van der Waals surface area contributed by atoms with Gasteiger partial charge in [-0.3, -0.25) is 14.9 Å². The summed E-state index contributed by atoms with van der Waals surface area (Å²) in [6.45, 7) is 0. The fourth-order valence-corrected chi connectivity index (χ4v) is 4.71. The Morgan fingerprint density at radius 1 is 0.963 bits per heavy atom. The maximum atomic E-state index is 12.8. The first-order valence-corrected chi connectivity index (χ1v) is 10.3. The predicted molar refractivity (Wildman–Crippen MR) is 104 cm³/mol. The normalized spacial score (nSPS) is 21.4. The summed E-state index contributed by atoms with van der Waals surface area (Å²) in [5.74, 6) is 0.302. The maximum absolute atomic E-state index is 12.8. The van der Waals surface area contributed by atoms with Crippen molar-refractivity contribution in [2.24, 2.45) is 11.8 Å². The summed E-state index contributed by atoms with van der Waals surface area (Å²) >= 11 is 0. The Labute approximate surface area is 160 Å². The number of nitro groups is 1. The van der Waals surface area contributed by atoms with Crippen LogP contribution in [0.3, 0.4) is 0 Å². The lowest BCUT2D eigenvalue weighted by atomic mass is 9.75. The molecule has 1 aromatic carbocycles. The molecule has 2 atom stereocenters. The van der Waals surface area contributed by atoms with E-state index in [4.69, 9.17) is 0 Å². The minimum Gasteiger partial charge on any atom is -0.391 e. The number of benzene rings is 1. The monoisotopic (exact) mass is 374 g/mol. The fourth-order valence-electron chi connectivity index (χ4n) is 4.71. The first-order valence-electron chi connectivity index (χ1n) is 10.3. The third-order valence-electron chi connectivity index (χ3n) is 6.30. The highest BCUT2D eigenvalue weighted by atomic mass is 16.6. The number of nitro benzene ring substituents is 1. The Morgan fingerprint density at radius 3 is 2.00 bits per heavy atom. The number of rotatable bonds is 6. The van der Waals surface area contributed by atoms with Crippen LogP contribution in [0.25, 0.3) is 0 Å². The molecule has 2 fully saturated rings. The Balaban J connectivity index is 1.73. The van der Waals surface area contributed by atoms with Crippen LogP contribution < -0.4 is 5.32 Å². The van der Waals surface area contributed by atoms with E-state index < -0.39 is 11.0 Å². The average molecular weight is 374 g/mol. The summed E-state index contributed by atoms with van der Waals surface area (Å²) in [6.07, 6.45) is 10.6. The Morgan fingerprint density at radius 2 is 1.48 bits per heavy atom. The topological polar surface area (TPSA) is 92.5 Å². The van der Waals surface area contributed by atoms with Crippen molar-refractivity contribution in [1.82, 2.24) is 5.32 Å². The average Bonchev–Trinajstić information content (AvgIpc) is 2.72. The summed E-state index contributed by atoms with van der Waals surface area (Å²) < 4.78 is 0. The molecular weight excluding hydrogens is 344 g/mol. The molecule has 0 aromatic heterocycles. The molecule has 0 heterocycles. The molecule has 3 rings (SSSR count). The molecule has 0 spiro atoms. The number of hydrogen-bond acceptors (Lipinski definition) is 4. The molecule has 27 heavy (non-hydrogen) atoms. The van der Waals surface area contributed by atoms with Gasteiger partial charge in [0.15, 0.2) is 0 Å². The van der Waals surface area contributed by atoms with E-state index in [9.17, 15) is 20.0 Å². The van der Waals surface area contributed by atoms with Gasteiger partial charge in [-0.25, -0.2) is 0 Å². The number of amides is 1. The number of carbonyl (C=O) groups is 1. The van der Waals surface area contributed by atoms with E-state index in [0.717, 1.165) is 51.4 Å². The summed E-state index contributed by atoms with van der Waals surface area (Å²) in [6, 6.07) is 5.43. The fraction of sp³-hybridized carbons (Fsp3) is 0.667. The van der Waals surface area contributed by atoms with Gasteiger partial charge in [0, 0.05) is 17.7 Å². The molecule has 2 aliphatic rings. The van der Waals surface area contributed by atoms with Crippen molar-refractivity contribution < 1.29 is 14.8 Å². The third-order valence-corrected chi connectivity index (χ3v) is 6.30. The Bertz CT molecular complexity index is 634. The maximum Gasteiger partial charge on any atom is 0.269 e. The zero-order valence-electron chi connectivity index (χ0n) is 15.8. The second-order valence-electron chi connectivity index (χ2n) is 8.09. The summed E-state index contributed by atoms with van der Waals surface area (Å²) in [4.78, 5) is 23.1. The Hall–Kier alpha value is -1.95. The van der Waals surface area contributed by atoms with E-state index >= 15 is 0 Å². The molecular formula is C21H30N2O4. The second kappa shape index (κ2) is 9.31. The van der Waals surface area contributed by atoms with E-state index in [1.807, 2.05) is 0 Å². The highest BCUT2D eigenvalue weighted by Crippen LogP contribution is 2.34. The van der Waals surface area contributed by atoms with Gasteiger partial charge in [0.1, 0.15) is 0 Å². The van der Waals surface area contributed by atoms with Crippen molar-refractivity contribution in [3.05, 3.63) is 39.9 Å². The molecule has 0 unspecified atom stereocenters. The molecule has 0 bridgehead atoms. The van der Waals surface area contributed by atoms with E-state index in [-0.39, 0.29) is 23.6 Å². The lowest BCUT2D eigenvalue weighted by molar-refractivity contribution is -0.384. The van der Waals surface area contributed by atoms with Crippen LogP contribution >= 0.6 is 0 Å². The summed E-state index contributed by atoms with van der Waals surface area (Å²) in [7, 11) is 0. The second-order valence-corrected chi connectivity index (χ2v) is 8.09. The van der Waals surface area contributed by atoms with Gasteiger partial charge in [0.2, 0.25) is 0 Å². The Kier molecular flexibility index (Phi) is 6.83. The quantitative estimate of drug-likeness (QED) is 0.576. The van der Waals surface area contributed by atoms with Gasteiger partial charge < -0.3 is 10.4 Å². The van der Waals surface area contributed by atoms with Gasteiger partial charge in [0.05, 0.1) is 17.1 Å². The minimum atomic E-state index is -0.518. The number of carbonyl (C=O) groups excluding carboxylic acids is 1. The van der Waals surface area contributed by atoms with Crippen molar-refractivity contribution in [1.29, 1.82) is 0 Å². The van der Waals surface area contributed by atoms with Crippen LogP contribution in [0.1, 0.15) is 74.6 Å². The van der Waals surface area contributed by atoms with Crippen LogP contribution in [-0.2, 0) is 0 Å². The molecule has 1 amide bonds. The van der Waals surface area contributed by atoms with Gasteiger partial charge in [-0.2, -0.15) is 0 Å². The van der Waals surface area contributed by atoms with Crippen molar-refractivity contribution in [2.45, 2.75) is 76.4 Å². The van der Waals surface area contributed by atoms with Crippen LogP contribution in [0, 0.1) is 22.0 Å². The van der Waals surface area contributed by atoms with Crippen LogP contribution in [0.2, 0.25) is 0 Å². The number of nitrogens with one attached hydrogen (secondary N) is 1. The zero-order chi connectivity index (χ0) is 19.2. The number of aliphatic hydroxyl groups is 1. The number of aliphatic hydroxyl groups excluding tert-OH is 1. The van der Waals surface area contributed by atoms with E-state index in [2.05, 4.69) is 5.32 Å². The third kappa shape index (κ3) is 5.06. The number of non-ortho nitro benzene ring substituents is 1. The highest BCUT2D eigenvalue weighted by Gasteiger charge is 2.35. The van der Waals surface area contributed by atoms with E-state index in [1.54, 1.807) is 0 Å². The summed E-state index contributed by atoms with van der Waals surface area (Å²) in [5.41, 5.74) is 0.370. The van der Waals surface area contributed by atoms with E-state index in [1.165, 1.54) is 37.1 Å². The SMILES string of the molecule is O=C(N[C@@H](C1CCCCC1)[C@H](O)C1CCCCC1)c1ccc([N+](=O)[O-])cc1. The van der Waals surface area contributed by atoms with Crippen LogP contribution in [-0.4, -0.2) is 28.1 Å². The minimum absolute atomic E-state index is 0.0300. The molecule has 0 saturated heterocycles. The van der Waals surface area contributed by atoms with E-state index in [0.29, 0.717) is 11.5 Å². The smallest absolute Gasteiger partial charge is 0.269 e. The number of hydrogen-bond donors (Lipinski definition) is 2. The number of nitrogens with zero attached hydrogens (tertiary/aromatic N) is 1. The van der Waals surface area contributed by atoms with Crippen LogP contribution in [0.15, 0.2) is 24.3 Å².